The molecule has 0 bridgehead atoms. The standard InChI is InChI=1S/C13H20N4O2/c1-9-5-4-6-10(2)17(9)16-12-8-7-11(14-15-12)13(18)19-3/h7-10H,4-6H2,1-3H3,(H,15,16). The van der Waals surface area contributed by atoms with Gasteiger partial charge in [0.25, 0.3) is 0 Å². The van der Waals surface area contributed by atoms with E-state index in [0.717, 1.165) is 0 Å². The van der Waals surface area contributed by atoms with Crippen LogP contribution < -0.4 is 5.43 Å². The molecule has 0 spiro atoms. The molecule has 2 rings (SSSR count). The van der Waals surface area contributed by atoms with Crippen LogP contribution in [0.3, 0.4) is 0 Å². The number of nitrogens with zero attached hydrogens (tertiary/aromatic N) is 3. The van der Waals surface area contributed by atoms with E-state index in [2.05, 4.69) is 39.2 Å². The SMILES string of the molecule is COC(=O)c1ccc(NN2C(C)CCCC2C)nn1. The van der Waals surface area contributed by atoms with E-state index >= 15 is 0 Å². The van der Waals surface area contributed by atoms with Crippen LogP contribution in [0, 0.1) is 0 Å². The number of ether oxygens (including phenoxy) is 1. The molecule has 1 aromatic heterocycles. The Balaban J connectivity index is 2.04. The fourth-order valence-corrected chi connectivity index (χ4v) is 2.38. The lowest BCUT2D eigenvalue weighted by molar-refractivity contribution is 0.0592. The minimum atomic E-state index is -0.473. The predicted octanol–water partition coefficient (Wildman–Crippen LogP) is 1.85. The Bertz CT molecular complexity index is 425. The van der Waals surface area contributed by atoms with Crippen molar-refractivity contribution in [1.82, 2.24) is 15.2 Å². The van der Waals surface area contributed by atoms with Gasteiger partial charge < -0.3 is 10.2 Å². The summed E-state index contributed by atoms with van der Waals surface area (Å²) in [6.45, 7) is 4.39. The van der Waals surface area contributed by atoms with Crippen LogP contribution in [-0.2, 0) is 4.74 Å². The second-order valence-corrected chi connectivity index (χ2v) is 4.94. The molecule has 0 radical (unpaired) electrons. The summed E-state index contributed by atoms with van der Waals surface area (Å²) in [5.74, 6) is 0.173. The largest absolute Gasteiger partial charge is 0.464 e. The molecule has 0 aromatic carbocycles. The Labute approximate surface area is 113 Å². The summed E-state index contributed by atoms with van der Waals surface area (Å²) in [6.07, 6.45) is 3.60. The molecule has 19 heavy (non-hydrogen) atoms. The van der Waals surface area contributed by atoms with Crippen LogP contribution >= 0.6 is 0 Å². The maximum absolute atomic E-state index is 11.3. The van der Waals surface area contributed by atoms with Gasteiger partial charge in [-0.25, -0.2) is 9.80 Å². The number of rotatable bonds is 3. The molecule has 6 heteroatoms. The normalized spacial score (nSPS) is 23.9. The zero-order valence-electron chi connectivity index (χ0n) is 11.6. The smallest absolute Gasteiger partial charge is 0.358 e. The first kappa shape index (κ1) is 13.7. The maximum Gasteiger partial charge on any atom is 0.358 e. The van der Waals surface area contributed by atoms with Crippen molar-refractivity contribution in [3.63, 3.8) is 0 Å². The topological polar surface area (TPSA) is 67.3 Å². The summed E-state index contributed by atoms with van der Waals surface area (Å²) in [4.78, 5) is 11.3. The Morgan fingerprint density at radius 1 is 1.32 bits per heavy atom. The van der Waals surface area contributed by atoms with Gasteiger partial charge in [0, 0.05) is 12.1 Å². The van der Waals surface area contributed by atoms with Gasteiger partial charge in [-0.15, -0.1) is 10.2 Å². The van der Waals surface area contributed by atoms with Crippen molar-refractivity contribution in [2.24, 2.45) is 0 Å². The van der Waals surface area contributed by atoms with Crippen LogP contribution in [0.25, 0.3) is 0 Å². The lowest BCUT2D eigenvalue weighted by atomic mass is 10.00. The number of nitrogens with one attached hydrogen (secondary N) is 1. The highest BCUT2D eigenvalue weighted by Gasteiger charge is 2.25. The summed E-state index contributed by atoms with van der Waals surface area (Å²) >= 11 is 0. The first-order valence-corrected chi connectivity index (χ1v) is 6.59. The van der Waals surface area contributed by atoms with E-state index in [0.29, 0.717) is 17.9 Å². The van der Waals surface area contributed by atoms with Crippen LogP contribution in [0.5, 0.6) is 0 Å². The molecule has 1 aliphatic heterocycles. The molecular formula is C13H20N4O2. The predicted molar refractivity (Wildman–Crippen MR) is 71.6 cm³/mol. The summed E-state index contributed by atoms with van der Waals surface area (Å²) in [6, 6.07) is 4.28. The molecular weight excluding hydrogens is 244 g/mol. The van der Waals surface area contributed by atoms with Gasteiger partial charge in [-0.1, -0.05) is 6.42 Å². The highest BCUT2D eigenvalue weighted by molar-refractivity contribution is 5.86. The highest BCUT2D eigenvalue weighted by Crippen LogP contribution is 2.22. The summed E-state index contributed by atoms with van der Waals surface area (Å²) in [7, 11) is 1.33. The van der Waals surface area contributed by atoms with Crippen LogP contribution in [0.4, 0.5) is 5.82 Å². The molecule has 1 aliphatic rings. The summed E-state index contributed by atoms with van der Waals surface area (Å²) < 4.78 is 4.59. The molecule has 0 aliphatic carbocycles. The molecule has 104 valence electrons. The van der Waals surface area contributed by atoms with Crippen molar-refractivity contribution >= 4 is 11.8 Å². The van der Waals surface area contributed by atoms with Crippen LogP contribution in [0.15, 0.2) is 12.1 Å². The van der Waals surface area contributed by atoms with Gasteiger partial charge in [-0.2, -0.15) is 0 Å². The van der Waals surface area contributed by atoms with E-state index in [1.165, 1.54) is 26.4 Å². The van der Waals surface area contributed by atoms with Crippen molar-refractivity contribution in [2.45, 2.75) is 45.2 Å². The molecule has 1 saturated heterocycles. The van der Waals surface area contributed by atoms with Gasteiger partial charge in [0.15, 0.2) is 11.5 Å². The molecule has 2 atom stereocenters. The molecule has 2 unspecified atom stereocenters. The quantitative estimate of drug-likeness (QED) is 0.840. The van der Waals surface area contributed by atoms with E-state index in [-0.39, 0.29) is 5.69 Å². The zero-order valence-corrected chi connectivity index (χ0v) is 11.6. The number of esters is 1. The van der Waals surface area contributed by atoms with Gasteiger partial charge in [-0.3, -0.25) is 0 Å². The zero-order chi connectivity index (χ0) is 13.8. The van der Waals surface area contributed by atoms with Crippen LogP contribution in [0.1, 0.15) is 43.6 Å². The second-order valence-electron chi connectivity index (χ2n) is 4.94. The Morgan fingerprint density at radius 3 is 2.53 bits per heavy atom. The van der Waals surface area contributed by atoms with E-state index in [1.807, 2.05) is 0 Å². The Morgan fingerprint density at radius 2 is 2.00 bits per heavy atom. The van der Waals surface area contributed by atoms with E-state index in [1.54, 1.807) is 12.1 Å². The van der Waals surface area contributed by atoms with Crippen molar-refractivity contribution in [1.29, 1.82) is 0 Å². The number of piperidine rings is 1. The Hall–Kier alpha value is -1.69. The number of aromatic nitrogens is 2. The van der Waals surface area contributed by atoms with E-state index < -0.39 is 5.97 Å². The van der Waals surface area contributed by atoms with Gasteiger partial charge in [-0.05, 0) is 38.8 Å². The second kappa shape index (κ2) is 5.97. The highest BCUT2D eigenvalue weighted by atomic mass is 16.5. The number of carbonyl (C=O) groups excluding carboxylic acids is 1. The van der Waals surface area contributed by atoms with E-state index in [4.69, 9.17) is 0 Å². The molecule has 1 fully saturated rings. The number of methoxy groups -OCH3 is 1. The van der Waals surface area contributed by atoms with Crippen molar-refractivity contribution in [3.05, 3.63) is 17.8 Å². The van der Waals surface area contributed by atoms with E-state index in [9.17, 15) is 4.79 Å². The third kappa shape index (κ3) is 3.20. The molecule has 0 amide bonds. The number of hydrogen-bond acceptors (Lipinski definition) is 6. The first-order valence-electron chi connectivity index (χ1n) is 6.59. The molecule has 1 aromatic rings. The average molecular weight is 264 g/mol. The monoisotopic (exact) mass is 264 g/mol. The van der Waals surface area contributed by atoms with Crippen LogP contribution in [0.2, 0.25) is 0 Å². The van der Waals surface area contributed by atoms with Gasteiger partial charge in [0.2, 0.25) is 0 Å². The van der Waals surface area contributed by atoms with Crippen molar-refractivity contribution in [3.8, 4) is 0 Å². The Kier molecular flexibility index (Phi) is 4.31. The fourth-order valence-electron chi connectivity index (χ4n) is 2.38. The lowest BCUT2D eigenvalue weighted by Gasteiger charge is -2.38. The molecule has 1 N–H and O–H groups in total. The third-order valence-electron chi connectivity index (χ3n) is 3.50. The van der Waals surface area contributed by atoms with Crippen LogP contribution in [-0.4, -0.2) is 40.4 Å². The maximum atomic E-state index is 11.3. The third-order valence-corrected chi connectivity index (χ3v) is 3.50. The lowest BCUT2D eigenvalue weighted by Crippen LogP contribution is -2.47. The van der Waals surface area contributed by atoms with Gasteiger partial charge in [0.05, 0.1) is 7.11 Å². The minimum absolute atomic E-state index is 0.216. The number of hydrazine groups is 1. The fraction of sp³-hybridized carbons (Fsp3) is 0.615. The molecule has 6 nitrogen and oxygen atoms in total. The number of anilines is 1. The first-order chi connectivity index (χ1) is 9.11. The van der Waals surface area contributed by atoms with Gasteiger partial charge >= 0.3 is 5.97 Å². The molecule has 0 saturated carbocycles. The summed E-state index contributed by atoms with van der Waals surface area (Å²) in [5.41, 5.74) is 3.49. The van der Waals surface area contributed by atoms with Gasteiger partial charge in [0.1, 0.15) is 0 Å². The van der Waals surface area contributed by atoms with Crippen molar-refractivity contribution in [2.75, 3.05) is 12.5 Å². The average Bonchev–Trinajstić information content (AvgIpc) is 2.43. The number of hydrogen-bond donors (Lipinski definition) is 1. The minimum Gasteiger partial charge on any atom is -0.464 e. The van der Waals surface area contributed by atoms with Crippen molar-refractivity contribution < 1.29 is 9.53 Å². The molecule has 2 heterocycles. The number of carbonyl (C=O) groups is 1. The summed E-state index contributed by atoms with van der Waals surface area (Å²) in [5, 5.41) is 10.1.